The summed E-state index contributed by atoms with van der Waals surface area (Å²) in [5.74, 6) is 0.365. The lowest BCUT2D eigenvalue weighted by Gasteiger charge is -2.19. The first-order valence-corrected chi connectivity index (χ1v) is 7.72. The number of rotatable bonds is 4. The van der Waals surface area contributed by atoms with E-state index in [1.165, 1.54) is 0 Å². The second kappa shape index (κ2) is 6.27. The van der Waals surface area contributed by atoms with E-state index in [-0.39, 0.29) is 11.9 Å². The first-order chi connectivity index (χ1) is 9.11. The third kappa shape index (κ3) is 3.40. The van der Waals surface area contributed by atoms with Gasteiger partial charge in [0.05, 0.1) is 11.0 Å². The van der Waals surface area contributed by atoms with Gasteiger partial charge in [-0.3, -0.25) is 14.8 Å². The quantitative estimate of drug-likeness (QED) is 0.666. The van der Waals surface area contributed by atoms with E-state index in [0.717, 1.165) is 15.5 Å². The summed E-state index contributed by atoms with van der Waals surface area (Å²) in [6.45, 7) is 4.21. The molecular weight excluding hydrogens is 353 g/mol. The van der Waals surface area contributed by atoms with Crippen LogP contribution in [0, 0.1) is 5.92 Å². The van der Waals surface area contributed by atoms with Gasteiger partial charge in [-0.1, -0.05) is 36.4 Å². The molecule has 1 atom stereocenters. The van der Waals surface area contributed by atoms with Crippen LogP contribution in [0.5, 0.6) is 0 Å². The lowest BCUT2D eigenvalue weighted by Crippen LogP contribution is -2.39. The predicted octanol–water partition coefficient (Wildman–Crippen LogP) is 2.82. The fourth-order valence-electron chi connectivity index (χ4n) is 1.74. The van der Waals surface area contributed by atoms with Gasteiger partial charge in [-0.05, 0) is 24.1 Å². The topological polar surface area (TPSA) is 54.9 Å². The molecule has 0 bridgehead atoms. The number of carbonyl (C=O) groups is 1. The van der Waals surface area contributed by atoms with E-state index in [4.69, 9.17) is 0 Å². The smallest absolute Gasteiger partial charge is 0.251 e. The van der Waals surface area contributed by atoms with E-state index >= 15 is 0 Å². The van der Waals surface area contributed by atoms with E-state index < -0.39 is 0 Å². The van der Waals surface area contributed by atoms with Crippen LogP contribution in [0.3, 0.4) is 0 Å². The highest BCUT2D eigenvalue weighted by Crippen LogP contribution is 2.12. The van der Waals surface area contributed by atoms with Crippen LogP contribution in [0.25, 0.3) is 11.0 Å². The second-order valence-corrected chi connectivity index (χ2v) is 5.62. The average Bonchev–Trinajstić information content (AvgIpc) is 2.43. The normalized spacial score (nSPS) is 12.6. The Kier molecular flexibility index (Phi) is 4.68. The van der Waals surface area contributed by atoms with Gasteiger partial charge < -0.3 is 5.32 Å². The third-order valence-corrected chi connectivity index (χ3v) is 3.97. The molecule has 0 aliphatic heterocycles. The Morgan fingerprint density at radius 1 is 1.26 bits per heavy atom. The predicted molar refractivity (Wildman–Crippen MR) is 84.5 cm³/mol. The zero-order valence-corrected chi connectivity index (χ0v) is 13.1. The standard InChI is InChI=1S/C14H16IN3O/c1-9(2)13(8-15)18-14(19)10-3-4-11-12(7-10)17-6-5-16-11/h3-7,9,13H,8H2,1-2H3,(H,18,19). The Morgan fingerprint density at radius 3 is 2.58 bits per heavy atom. The molecule has 4 nitrogen and oxygen atoms in total. The number of alkyl halides is 1. The summed E-state index contributed by atoms with van der Waals surface area (Å²) >= 11 is 2.29. The van der Waals surface area contributed by atoms with Crippen molar-refractivity contribution < 1.29 is 4.79 Å². The van der Waals surface area contributed by atoms with E-state index in [9.17, 15) is 4.79 Å². The van der Waals surface area contributed by atoms with E-state index in [1.54, 1.807) is 24.5 Å². The van der Waals surface area contributed by atoms with Crippen molar-refractivity contribution in [3.05, 3.63) is 36.2 Å². The number of halogens is 1. The van der Waals surface area contributed by atoms with Crippen molar-refractivity contribution in [3.8, 4) is 0 Å². The number of nitrogens with one attached hydrogen (secondary N) is 1. The van der Waals surface area contributed by atoms with Gasteiger partial charge in [0.2, 0.25) is 0 Å². The minimum absolute atomic E-state index is 0.0529. The number of amides is 1. The maximum Gasteiger partial charge on any atom is 0.251 e. The lowest BCUT2D eigenvalue weighted by atomic mass is 10.1. The van der Waals surface area contributed by atoms with Crippen molar-refractivity contribution in [2.75, 3.05) is 4.43 Å². The molecule has 1 aromatic carbocycles. The van der Waals surface area contributed by atoms with Gasteiger partial charge in [-0.2, -0.15) is 0 Å². The van der Waals surface area contributed by atoms with Crippen LogP contribution in [0.4, 0.5) is 0 Å². The second-order valence-electron chi connectivity index (χ2n) is 4.74. The van der Waals surface area contributed by atoms with E-state index in [2.05, 4.69) is 51.7 Å². The number of carbonyl (C=O) groups excluding carboxylic acids is 1. The fourth-order valence-corrected chi connectivity index (χ4v) is 2.98. The Hall–Kier alpha value is -1.24. The van der Waals surface area contributed by atoms with Gasteiger partial charge in [0.25, 0.3) is 5.91 Å². The molecule has 0 saturated carbocycles. The summed E-state index contributed by atoms with van der Waals surface area (Å²) < 4.78 is 0.897. The van der Waals surface area contributed by atoms with Crippen LogP contribution in [-0.4, -0.2) is 26.3 Å². The zero-order chi connectivity index (χ0) is 13.8. The monoisotopic (exact) mass is 369 g/mol. The average molecular weight is 369 g/mol. The first kappa shape index (κ1) is 14.2. The number of nitrogens with zero attached hydrogens (tertiary/aromatic N) is 2. The molecule has 0 saturated heterocycles. The number of fused-ring (bicyclic) bond motifs is 1. The molecule has 100 valence electrons. The third-order valence-electron chi connectivity index (χ3n) is 3.02. The lowest BCUT2D eigenvalue weighted by molar-refractivity contribution is 0.0932. The minimum atomic E-state index is -0.0529. The molecule has 2 rings (SSSR count). The van der Waals surface area contributed by atoms with E-state index in [0.29, 0.717) is 11.5 Å². The summed E-state index contributed by atoms with van der Waals surface area (Å²) in [6.07, 6.45) is 3.28. The molecule has 0 radical (unpaired) electrons. The largest absolute Gasteiger partial charge is 0.348 e. The van der Waals surface area contributed by atoms with Gasteiger partial charge in [0.1, 0.15) is 0 Å². The van der Waals surface area contributed by atoms with Crippen molar-refractivity contribution in [2.24, 2.45) is 5.92 Å². The molecule has 0 aliphatic rings. The molecule has 1 heterocycles. The Balaban J connectivity index is 2.21. The van der Waals surface area contributed by atoms with Gasteiger partial charge in [0, 0.05) is 28.4 Å². The van der Waals surface area contributed by atoms with Crippen LogP contribution >= 0.6 is 22.6 Å². The Labute approximate surface area is 126 Å². The maximum absolute atomic E-state index is 12.2. The molecule has 0 aliphatic carbocycles. The summed E-state index contributed by atoms with van der Waals surface area (Å²) in [4.78, 5) is 20.6. The van der Waals surface area contributed by atoms with Crippen LogP contribution in [0.15, 0.2) is 30.6 Å². The number of hydrogen-bond acceptors (Lipinski definition) is 3. The molecule has 0 fully saturated rings. The summed E-state index contributed by atoms with van der Waals surface area (Å²) in [6, 6.07) is 5.58. The van der Waals surface area contributed by atoms with Crippen LogP contribution in [0.1, 0.15) is 24.2 Å². The van der Waals surface area contributed by atoms with E-state index in [1.807, 2.05) is 6.07 Å². The van der Waals surface area contributed by atoms with Crippen molar-refractivity contribution in [1.29, 1.82) is 0 Å². The molecule has 2 aromatic rings. The number of aromatic nitrogens is 2. The highest BCUT2D eigenvalue weighted by atomic mass is 127. The maximum atomic E-state index is 12.2. The van der Waals surface area contributed by atoms with Crippen LogP contribution in [-0.2, 0) is 0 Å². The fraction of sp³-hybridized carbons (Fsp3) is 0.357. The Bertz CT molecular complexity index is 586. The molecular formula is C14H16IN3O. The van der Waals surface area contributed by atoms with Crippen molar-refractivity contribution in [3.63, 3.8) is 0 Å². The molecule has 1 unspecified atom stereocenters. The molecule has 0 spiro atoms. The molecule has 5 heteroatoms. The van der Waals surface area contributed by atoms with Crippen LogP contribution in [0.2, 0.25) is 0 Å². The van der Waals surface area contributed by atoms with Crippen molar-refractivity contribution in [1.82, 2.24) is 15.3 Å². The van der Waals surface area contributed by atoms with Crippen molar-refractivity contribution >= 4 is 39.5 Å². The highest BCUT2D eigenvalue weighted by Gasteiger charge is 2.16. The van der Waals surface area contributed by atoms with Gasteiger partial charge in [-0.15, -0.1) is 0 Å². The first-order valence-electron chi connectivity index (χ1n) is 6.19. The van der Waals surface area contributed by atoms with Crippen LogP contribution < -0.4 is 5.32 Å². The minimum Gasteiger partial charge on any atom is -0.348 e. The highest BCUT2D eigenvalue weighted by molar-refractivity contribution is 14.1. The van der Waals surface area contributed by atoms with Gasteiger partial charge in [-0.25, -0.2) is 0 Å². The summed E-state index contributed by atoms with van der Waals surface area (Å²) in [5.41, 5.74) is 2.17. The Morgan fingerprint density at radius 2 is 1.95 bits per heavy atom. The number of hydrogen-bond donors (Lipinski definition) is 1. The number of benzene rings is 1. The summed E-state index contributed by atoms with van der Waals surface area (Å²) in [5, 5.41) is 3.05. The van der Waals surface area contributed by atoms with Gasteiger partial charge >= 0.3 is 0 Å². The molecule has 1 amide bonds. The zero-order valence-electron chi connectivity index (χ0n) is 10.9. The molecule has 1 aromatic heterocycles. The SMILES string of the molecule is CC(C)C(CI)NC(=O)c1ccc2nccnc2c1. The van der Waals surface area contributed by atoms with Gasteiger partial charge in [0.15, 0.2) is 0 Å². The molecule has 1 N–H and O–H groups in total. The van der Waals surface area contributed by atoms with Crippen molar-refractivity contribution in [2.45, 2.75) is 19.9 Å². The molecule has 19 heavy (non-hydrogen) atoms. The summed E-state index contributed by atoms with van der Waals surface area (Å²) in [7, 11) is 0.